The van der Waals surface area contributed by atoms with Gasteiger partial charge in [0.1, 0.15) is 0 Å². The summed E-state index contributed by atoms with van der Waals surface area (Å²) >= 11 is 0. The monoisotopic (exact) mass is 445 g/mol. The summed E-state index contributed by atoms with van der Waals surface area (Å²) in [6, 6.07) is 8.18. The summed E-state index contributed by atoms with van der Waals surface area (Å²) in [5.41, 5.74) is 1.45. The van der Waals surface area contributed by atoms with Gasteiger partial charge in [-0.15, -0.1) is 0 Å². The Hall–Kier alpha value is -2.12. The van der Waals surface area contributed by atoms with Gasteiger partial charge < -0.3 is 20.7 Å². The van der Waals surface area contributed by atoms with Crippen molar-refractivity contribution >= 4 is 11.9 Å². The van der Waals surface area contributed by atoms with Crippen molar-refractivity contribution in [1.82, 2.24) is 20.9 Å². The van der Waals surface area contributed by atoms with Crippen LogP contribution < -0.4 is 16.0 Å². The Balaban J connectivity index is 1.95. The maximum atomic E-state index is 12.5. The van der Waals surface area contributed by atoms with Crippen molar-refractivity contribution in [3.8, 4) is 0 Å². The zero-order valence-corrected chi connectivity index (χ0v) is 20.8. The molecule has 7 heteroatoms. The number of nitrogens with one attached hydrogen (secondary N) is 3. The minimum absolute atomic E-state index is 0.0552. The molecule has 1 unspecified atom stereocenters. The first-order chi connectivity index (χ1) is 15.3. The van der Waals surface area contributed by atoms with E-state index in [4.69, 9.17) is 4.74 Å². The Labute approximate surface area is 194 Å². The van der Waals surface area contributed by atoms with E-state index in [2.05, 4.69) is 39.7 Å². The van der Waals surface area contributed by atoms with Crippen LogP contribution in [0.1, 0.15) is 63.4 Å². The lowest BCUT2D eigenvalue weighted by atomic mass is 9.92. The lowest BCUT2D eigenvalue weighted by Crippen LogP contribution is -2.53. The summed E-state index contributed by atoms with van der Waals surface area (Å²) < 4.78 is 5.56. The topological polar surface area (TPSA) is 78.0 Å². The highest BCUT2D eigenvalue weighted by atomic mass is 16.5. The number of morpholine rings is 1. The molecule has 1 aromatic rings. The number of nitrogens with zero attached hydrogens (tertiary/aromatic N) is 2. The summed E-state index contributed by atoms with van der Waals surface area (Å²) in [7, 11) is 1.80. The number of ether oxygens (including phenoxy) is 1. The van der Waals surface area contributed by atoms with E-state index in [1.165, 1.54) is 0 Å². The molecule has 180 valence electrons. The van der Waals surface area contributed by atoms with Crippen molar-refractivity contribution in [2.24, 2.45) is 10.9 Å². The Morgan fingerprint density at radius 3 is 2.44 bits per heavy atom. The molecule has 1 amide bonds. The molecule has 2 rings (SSSR count). The Bertz CT molecular complexity index is 734. The molecule has 0 radical (unpaired) electrons. The summed E-state index contributed by atoms with van der Waals surface area (Å²) in [5, 5.41) is 9.94. The van der Waals surface area contributed by atoms with Gasteiger partial charge in [-0.2, -0.15) is 0 Å². The number of hydrogen-bond acceptors (Lipinski definition) is 4. The van der Waals surface area contributed by atoms with Crippen LogP contribution in [0.25, 0.3) is 0 Å². The van der Waals surface area contributed by atoms with Crippen molar-refractivity contribution in [2.75, 3.05) is 39.9 Å². The maximum absolute atomic E-state index is 12.5. The highest BCUT2D eigenvalue weighted by Crippen LogP contribution is 2.19. The van der Waals surface area contributed by atoms with E-state index >= 15 is 0 Å². The molecule has 1 aliphatic rings. The predicted molar refractivity (Wildman–Crippen MR) is 132 cm³/mol. The molecule has 0 aliphatic carbocycles. The number of benzene rings is 1. The van der Waals surface area contributed by atoms with E-state index < -0.39 is 0 Å². The van der Waals surface area contributed by atoms with Gasteiger partial charge in [0.2, 0.25) is 0 Å². The van der Waals surface area contributed by atoms with Crippen molar-refractivity contribution < 1.29 is 9.53 Å². The first kappa shape index (κ1) is 26.1. The molecule has 1 heterocycles. The average molecular weight is 446 g/mol. The summed E-state index contributed by atoms with van der Waals surface area (Å²) in [4.78, 5) is 19.4. The standard InChI is InChI=1S/C25H43N5O2/c1-7-20(8-2)22(30-12-14-32-15-13-30)18-28-24(26-6)27-17-19-10-9-11-21(16-19)23(31)29-25(3,4)5/h9-11,16,20,22H,7-8,12-15,17-18H2,1-6H3,(H,29,31)(H2,26,27,28). The highest BCUT2D eigenvalue weighted by Gasteiger charge is 2.27. The van der Waals surface area contributed by atoms with Gasteiger partial charge >= 0.3 is 0 Å². The SMILES string of the molecule is CCC(CC)C(CNC(=NC)NCc1cccc(C(=O)NC(C)(C)C)c1)N1CCOCC1. The molecule has 3 N–H and O–H groups in total. The van der Waals surface area contributed by atoms with E-state index in [0.717, 1.165) is 57.2 Å². The fourth-order valence-electron chi connectivity index (χ4n) is 4.18. The second-order valence-corrected chi connectivity index (χ2v) is 9.50. The first-order valence-corrected chi connectivity index (χ1v) is 11.9. The molecule has 1 saturated heterocycles. The molecule has 32 heavy (non-hydrogen) atoms. The lowest BCUT2D eigenvalue weighted by Gasteiger charge is -2.39. The second-order valence-electron chi connectivity index (χ2n) is 9.50. The van der Waals surface area contributed by atoms with E-state index in [1.807, 2.05) is 45.0 Å². The third-order valence-corrected chi connectivity index (χ3v) is 5.95. The number of carbonyl (C=O) groups is 1. The van der Waals surface area contributed by atoms with Crippen LogP contribution in [0.4, 0.5) is 0 Å². The van der Waals surface area contributed by atoms with Crippen LogP contribution in [-0.2, 0) is 11.3 Å². The molecular formula is C25H43N5O2. The average Bonchev–Trinajstić information content (AvgIpc) is 2.78. The molecule has 0 spiro atoms. The molecule has 1 aromatic carbocycles. The molecule has 1 aliphatic heterocycles. The minimum atomic E-state index is -0.261. The fraction of sp³-hybridized carbons (Fsp3) is 0.680. The number of guanidine groups is 1. The number of aliphatic imine (C=N–C) groups is 1. The van der Waals surface area contributed by atoms with Gasteiger partial charge in [-0.3, -0.25) is 14.7 Å². The highest BCUT2D eigenvalue weighted by molar-refractivity contribution is 5.94. The molecule has 0 aromatic heterocycles. The first-order valence-electron chi connectivity index (χ1n) is 11.9. The maximum Gasteiger partial charge on any atom is 0.251 e. The largest absolute Gasteiger partial charge is 0.379 e. The van der Waals surface area contributed by atoms with Gasteiger partial charge in [0.15, 0.2) is 5.96 Å². The lowest BCUT2D eigenvalue weighted by molar-refractivity contribution is 0.00272. The molecule has 1 atom stereocenters. The summed E-state index contributed by atoms with van der Waals surface area (Å²) in [6.45, 7) is 15.5. The van der Waals surface area contributed by atoms with Crippen LogP contribution in [0.3, 0.4) is 0 Å². The normalized spacial score (nSPS) is 16.7. The number of rotatable bonds is 9. The summed E-state index contributed by atoms with van der Waals surface area (Å²) in [5.74, 6) is 1.36. The Morgan fingerprint density at radius 1 is 1.16 bits per heavy atom. The third-order valence-electron chi connectivity index (χ3n) is 5.95. The minimum Gasteiger partial charge on any atom is -0.379 e. The second kappa shape index (κ2) is 12.8. The number of carbonyl (C=O) groups excluding carboxylic acids is 1. The van der Waals surface area contributed by atoms with Crippen LogP contribution >= 0.6 is 0 Å². The van der Waals surface area contributed by atoms with E-state index in [0.29, 0.717) is 24.1 Å². The molecule has 0 saturated carbocycles. The van der Waals surface area contributed by atoms with Crippen LogP contribution in [-0.4, -0.2) is 68.2 Å². The number of amides is 1. The quantitative estimate of drug-likeness (QED) is 0.402. The molecule has 0 bridgehead atoms. The number of hydrogen-bond donors (Lipinski definition) is 3. The fourth-order valence-corrected chi connectivity index (χ4v) is 4.18. The molecule has 7 nitrogen and oxygen atoms in total. The summed E-state index contributed by atoms with van der Waals surface area (Å²) in [6.07, 6.45) is 2.32. The predicted octanol–water partition coefficient (Wildman–Crippen LogP) is 3.02. The third kappa shape index (κ3) is 8.43. The van der Waals surface area contributed by atoms with Gasteiger partial charge in [-0.25, -0.2) is 0 Å². The van der Waals surface area contributed by atoms with Gasteiger partial charge in [-0.1, -0.05) is 38.8 Å². The van der Waals surface area contributed by atoms with Gasteiger partial charge in [0.05, 0.1) is 13.2 Å². The zero-order valence-electron chi connectivity index (χ0n) is 20.8. The van der Waals surface area contributed by atoms with Gasteiger partial charge in [0.25, 0.3) is 5.91 Å². The van der Waals surface area contributed by atoms with E-state index in [9.17, 15) is 4.79 Å². The van der Waals surface area contributed by atoms with Crippen molar-refractivity contribution in [1.29, 1.82) is 0 Å². The van der Waals surface area contributed by atoms with Crippen molar-refractivity contribution in [2.45, 2.75) is 65.6 Å². The van der Waals surface area contributed by atoms with Gasteiger partial charge in [-0.05, 0) is 44.4 Å². The van der Waals surface area contributed by atoms with Crippen LogP contribution in [0.2, 0.25) is 0 Å². The van der Waals surface area contributed by atoms with Crippen LogP contribution in [0, 0.1) is 5.92 Å². The Kier molecular flexibility index (Phi) is 10.5. The smallest absolute Gasteiger partial charge is 0.251 e. The van der Waals surface area contributed by atoms with Crippen LogP contribution in [0.15, 0.2) is 29.3 Å². The molecule has 1 fully saturated rings. The van der Waals surface area contributed by atoms with Gasteiger partial charge in [0, 0.05) is 50.4 Å². The zero-order chi connectivity index (χ0) is 23.6. The van der Waals surface area contributed by atoms with Crippen molar-refractivity contribution in [3.63, 3.8) is 0 Å². The molecular weight excluding hydrogens is 402 g/mol. The van der Waals surface area contributed by atoms with Crippen LogP contribution in [0.5, 0.6) is 0 Å². The van der Waals surface area contributed by atoms with Crippen molar-refractivity contribution in [3.05, 3.63) is 35.4 Å². The van der Waals surface area contributed by atoms with E-state index in [-0.39, 0.29) is 11.4 Å². The van der Waals surface area contributed by atoms with E-state index in [1.54, 1.807) is 7.05 Å². The Morgan fingerprint density at radius 2 is 1.84 bits per heavy atom.